The highest BCUT2D eigenvalue weighted by molar-refractivity contribution is 5.85. The van der Waals surface area contributed by atoms with Gasteiger partial charge in [-0.3, -0.25) is 10.1 Å². The van der Waals surface area contributed by atoms with Gasteiger partial charge in [0.05, 0.1) is 5.92 Å². The third-order valence-corrected chi connectivity index (χ3v) is 4.10. The number of aryl methyl sites for hydroxylation is 1. The summed E-state index contributed by atoms with van der Waals surface area (Å²) >= 11 is 0. The third-order valence-electron chi connectivity index (χ3n) is 4.10. The lowest BCUT2D eigenvalue weighted by atomic mass is 9.85. The summed E-state index contributed by atoms with van der Waals surface area (Å²) in [6.07, 6.45) is 1.89. The first kappa shape index (κ1) is 14.8. The maximum atomic E-state index is 11.4. The Bertz CT molecular complexity index is 894. The maximum absolute atomic E-state index is 11.4. The highest BCUT2D eigenvalue weighted by atomic mass is 16.6. The Hall–Kier alpha value is -3.13. The van der Waals surface area contributed by atoms with E-state index in [0.29, 0.717) is 0 Å². The van der Waals surface area contributed by atoms with E-state index in [1.165, 1.54) is 0 Å². The van der Waals surface area contributed by atoms with Crippen LogP contribution >= 0.6 is 0 Å². The molecule has 2 aromatic carbocycles. The van der Waals surface area contributed by atoms with Gasteiger partial charge in [-0.15, -0.1) is 0 Å². The number of hydrogen-bond acceptors (Lipinski definition) is 3. The van der Waals surface area contributed by atoms with Crippen LogP contribution in [0.3, 0.4) is 0 Å². The van der Waals surface area contributed by atoms with Crippen molar-refractivity contribution < 1.29 is 4.92 Å². The molecular formula is C18H15N3O2. The van der Waals surface area contributed by atoms with Crippen LogP contribution in [0.1, 0.15) is 17.0 Å². The van der Waals surface area contributed by atoms with Crippen LogP contribution < -0.4 is 0 Å². The van der Waals surface area contributed by atoms with Gasteiger partial charge in [0.25, 0.3) is 0 Å². The van der Waals surface area contributed by atoms with E-state index < -0.39 is 16.9 Å². The van der Waals surface area contributed by atoms with Gasteiger partial charge in [-0.1, -0.05) is 48.5 Å². The largest absolute Gasteiger partial charge is 0.350 e. The second-order valence-corrected chi connectivity index (χ2v) is 5.46. The summed E-state index contributed by atoms with van der Waals surface area (Å²) in [5, 5.41) is 21.7. The van der Waals surface area contributed by atoms with Crippen molar-refractivity contribution in [3.8, 4) is 6.07 Å². The highest BCUT2D eigenvalue weighted by Crippen LogP contribution is 2.35. The van der Waals surface area contributed by atoms with Crippen LogP contribution in [0.2, 0.25) is 0 Å². The molecule has 1 heterocycles. The van der Waals surface area contributed by atoms with E-state index >= 15 is 0 Å². The molecule has 0 radical (unpaired) electrons. The number of nitriles is 1. The van der Waals surface area contributed by atoms with E-state index in [4.69, 9.17) is 0 Å². The number of para-hydroxylation sites is 1. The molecule has 5 nitrogen and oxygen atoms in total. The summed E-state index contributed by atoms with van der Waals surface area (Å²) in [7, 11) is 1.90. The molecule has 3 aromatic rings. The van der Waals surface area contributed by atoms with Gasteiger partial charge in [0.2, 0.25) is 0 Å². The molecule has 0 saturated carbocycles. The van der Waals surface area contributed by atoms with Crippen molar-refractivity contribution in [2.24, 2.45) is 7.05 Å². The van der Waals surface area contributed by atoms with Crippen molar-refractivity contribution in [2.45, 2.75) is 12.0 Å². The quantitative estimate of drug-likeness (QED) is 0.547. The molecule has 3 rings (SSSR count). The molecule has 114 valence electrons. The standard InChI is InChI=1S/C18H15N3O2/c1-20-12-15(14-9-5-6-10-16(14)20)18(17(11-19)21(22)23)13-7-3-2-4-8-13/h2-10,12,17-18H,1H3. The fraction of sp³-hybridized carbons (Fsp3) is 0.167. The molecule has 1 aromatic heterocycles. The Morgan fingerprint density at radius 1 is 1.13 bits per heavy atom. The lowest BCUT2D eigenvalue weighted by Crippen LogP contribution is -2.26. The lowest BCUT2D eigenvalue weighted by molar-refractivity contribution is -0.509. The molecule has 5 heteroatoms. The van der Waals surface area contributed by atoms with E-state index in [0.717, 1.165) is 22.0 Å². The van der Waals surface area contributed by atoms with Crippen LogP contribution in [-0.4, -0.2) is 15.5 Å². The Kier molecular flexibility index (Phi) is 3.82. The van der Waals surface area contributed by atoms with Crippen molar-refractivity contribution >= 4 is 10.9 Å². The van der Waals surface area contributed by atoms with Gasteiger partial charge in [0.15, 0.2) is 0 Å². The molecule has 2 atom stereocenters. The van der Waals surface area contributed by atoms with Crippen LogP contribution in [0, 0.1) is 21.4 Å². The second-order valence-electron chi connectivity index (χ2n) is 5.46. The molecule has 0 spiro atoms. The topological polar surface area (TPSA) is 71.9 Å². The van der Waals surface area contributed by atoms with E-state index in [2.05, 4.69) is 0 Å². The van der Waals surface area contributed by atoms with E-state index in [1.54, 1.807) is 0 Å². The Morgan fingerprint density at radius 3 is 2.43 bits per heavy atom. The van der Waals surface area contributed by atoms with Crippen LogP contribution in [0.5, 0.6) is 0 Å². The second kappa shape index (κ2) is 5.93. The van der Waals surface area contributed by atoms with Crippen LogP contribution in [-0.2, 0) is 7.05 Å². The van der Waals surface area contributed by atoms with E-state index in [9.17, 15) is 15.4 Å². The summed E-state index contributed by atoms with van der Waals surface area (Å²) in [6, 6.07) is 17.5. The van der Waals surface area contributed by atoms with Crippen molar-refractivity contribution in [2.75, 3.05) is 0 Å². The number of nitrogens with zero attached hydrogens (tertiary/aromatic N) is 3. The predicted octanol–water partition coefficient (Wildman–Crippen LogP) is 3.48. The molecule has 0 aliphatic carbocycles. The zero-order valence-electron chi connectivity index (χ0n) is 12.6. The fourth-order valence-corrected chi connectivity index (χ4v) is 3.06. The Morgan fingerprint density at radius 2 is 1.78 bits per heavy atom. The predicted molar refractivity (Wildman–Crippen MR) is 87.6 cm³/mol. The molecule has 23 heavy (non-hydrogen) atoms. The summed E-state index contributed by atoms with van der Waals surface area (Å²) in [4.78, 5) is 10.9. The number of aromatic nitrogens is 1. The lowest BCUT2D eigenvalue weighted by Gasteiger charge is -2.16. The van der Waals surface area contributed by atoms with Gasteiger partial charge in [0, 0.05) is 29.1 Å². The minimum absolute atomic E-state index is 0.501. The number of rotatable bonds is 4. The van der Waals surface area contributed by atoms with Gasteiger partial charge in [-0.25, -0.2) is 0 Å². The molecule has 0 fully saturated rings. The molecule has 0 aliphatic heterocycles. The zero-order valence-corrected chi connectivity index (χ0v) is 12.6. The third kappa shape index (κ3) is 2.55. The monoisotopic (exact) mass is 305 g/mol. The zero-order chi connectivity index (χ0) is 16.4. The Balaban J connectivity index is 2.27. The van der Waals surface area contributed by atoms with Gasteiger partial charge < -0.3 is 4.57 Å². The fourth-order valence-electron chi connectivity index (χ4n) is 3.06. The van der Waals surface area contributed by atoms with E-state index in [-0.39, 0.29) is 0 Å². The molecular weight excluding hydrogens is 290 g/mol. The molecule has 0 aliphatic rings. The van der Waals surface area contributed by atoms with Crippen molar-refractivity contribution in [1.82, 2.24) is 4.57 Å². The average molecular weight is 305 g/mol. The number of benzene rings is 2. The minimum atomic E-state index is -1.33. The van der Waals surface area contributed by atoms with Gasteiger partial charge in [0.1, 0.15) is 6.07 Å². The maximum Gasteiger partial charge on any atom is 0.307 e. The molecule has 2 unspecified atom stereocenters. The van der Waals surface area contributed by atoms with Gasteiger partial charge in [-0.2, -0.15) is 5.26 Å². The number of fused-ring (bicyclic) bond motifs is 1. The van der Waals surface area contributed by atoms with Gasteiger partial charge in [-0.05, 0) is 17.2 Å². The van der Waals surface area contributed by atoms with E-state index in [1.807, 2.05) is 78.5 Å². The first-order valence-electron chi connectivity index (χ1n) is 7.25. The first-order valence-corrected chi connectivity index (χ1v) is 7.25. The van der Waals surface area contributed by atoms with Crippen molar-refractivity contribution in [1.29, 1.82) is 5.26 Å². The van der Waals surface area contributed by atoms with Crippen LogP contribution in [0.15, 0.2) is 60.8 Å². The van der Waals surface area contributed by atoms with Crippen molar-refractivity contribution in [3.05, 3.63) is 82.0 Å². The summed E-state index contributed by atoms with van der Waals surface area (Å²) in [5.74, 6) is -0.609. The Labute approximate surface area is 133 Å². The summed E-state index contributed by atoms with van der Waals surface area (Å²) in [5.41, 5.74) is 2.56. The summed E-state index contributed by atoms with van der Waals surface area (Å²) in [6.45, 7) is 0. The first-order chi connectivity index (χ1) is 11.1. The summed E-state index contributed by atoms with van der Waals surface area (Å²) < 4.78 is 1.94. The average Bonchev–Trinajstić information content (AvgIpc) is 2.90. The molecule has 0 N–H and O–H groups in total. The molecule has 0 amide bonds. The van der Waals surface area contributed by atoms with Crippen molar-refractivity contribution in [3.63, 3.8) is 0 Å². The normalized spacial score (nSPS) is 13.4. The SMILES string of the molecule is Cn1cc(C(c2ccccc2)C(C#N)[N+](=O)[O-])c2ccccc21. The van der Waals surface area contributed by atoms with Crippen LogP contribution in [0.25, 0.3) is 10.9 Å². The van der Waals surface area contributed by atoms with Gasteiger partial charge >= 0.3 is 6.04 Å². The smallest absolute Gasteiger partial charge is 0.307 e. The number of nitro groups is 1. The molecule has 0 saturated heterocycles. The minimum Gasteiger partial charge on any atom is -0.350 e. The van der Waals surface area contributed by atoms with Crippen LogP contribution in [0.4, 0.5) is 0 Å². The molecule has 0 bridgehead atoms. The number of hydrogen-bond donors (Lipinski definition) is 0. The highest BCUT2D eigenvalue weighted by Gasteiger charge is 2.36.